The molecule has 2 atom stereocenters. The van der Waals surface area contributed by atoms with Gasteiger partial charge in [-0.2, -0.15) is 0 Å². The number of carbonyl (C=O) groups excluding carboxylic acids is 1. The van der Waals surface area contributed by atoms with Gasteiger partial charge in [0.05, 0.1) is 17.3 Å². The maximum atomic E-state index is 12.0. The quantitative estimate of drug-likeness (QED) is 0.816. The molecule has 0 saturated carbocycles. The van der Waals surface area contributed by atoms with Gasteiger partial charge in [0.2, 0.25) is 5.91 Å². The van der Waals surface area contributed by atoms with E-state index >= 15 is 0 Å². The molecule has 23 heavy (non-hydrogen) atoms. The van der Waals surface area contributed by atoms with Crippen molar-refractivity contribution in [3.63, 3.8) is 0 Å². The van der Waals surface area contributed by atoms with Gasteiger partial charge in [-0.3, -0.25) is 4.79 Å². The molecule has 1 aliphatic rings. The fourth-order valence-electron chi connectivity index (χ4n) is 2.80. The molecule has 1 aromatic rings. The Morgan fingerprint density at radius 3 is 2.57 bits per heavy atom. The van der Waals surface area contributed by atoms with Gasteiger partial charge in [-0.25, -0.2) is 8.42 Å². The summed E-state index contributed by atoms with van der Waals surface area (Å²) in [6.45, 7) is 4.92. The van der Waals surface area contributed by atoms with Crippen molar-refractivity contribution in [1.29, 1.82) is 0 Å². The van der Waals surface area contributed by atoms with Gasteiger partial charge in [0, 0.05) is 17.7 Å². The third-order valence-electron chi connectivity index (χ3n) is 4.19. The summed E-state index contributed by atoms with van der Waals surface area (Å²) in [7, 11) is -2.87. The highest BCUT2D eigenvalue weighted by Crippen LogP contribution is 2.25. The summed E-state index contributed by atoms with van der Waals surface area (Å²) in [5.41, 5.74) is 1.23. The predicted octanol–water partition coefficient (Wildman–Crippen LogP) is 2.46. The Kier molecular flexibility index (Phi) is 6.53. The number of rotatable bonds is 7. The Bertz CT molecular complexity index is 614. The van der Waals surface area contributed by atoms with Crippen molar-refractivity contribution < 1.29 is 13.2 Å². The molecule has 0 bridgehead atoms. The number of benzene rings is 1. The van der Waals surface area contributed by atoms with E-state index in [0.717, 1.165) is 0 Å². The summed E-state index contributed by atoms with van der Waals surface area (Å²) in [6.07, 6.45) is 0.666. The minimum Gasteiger partial charge on any atom is -0.355 e. The molecule has 1 aliphatic heterocycles. The number of amides is 1. The summed E-state index contributed by atoms with van der Waals surface area (Å²) < 4.78 is 22.8. The maximum absolute atomic E-state index is 12.0. The highest BCUT2D eigenvalue weighted by atomic mass is 32.2. The van der Waals surface area contributed by atoms with E-state index in [1.165, 1.54) is 17.3 Å². The second-order valence-electron chi connectivity index (χ2n) is 6.40. The number of nitrogens with one attached hydrogen (secondary N) is 1. The number of carbonyl (C=O) groups is 1. The van der Waals surface area contributed by atoms with Crippen molar-refractivity contribution in [2.24, 2.45) is 5.92 Å². The van der Waals surface area contributed by atoms with E-state index in [0.29, 0.717) is 24.6 Å². The fraction of sp³-hybridized carbons (Fsp3) is 0.588. The van der Waals surface area contributed by atoms with Gasteiger partial charge in [0.25, 0.3) is 0 Å². The molecule has 1 fully saturated rings. The Hall–Kier alpha value is -1.01. The number of thioether (sulfide) groups is 1. The van der Waals surface area contributed by atoms with Crippen molar-refractivity contribution >= 4 is 27.5 Å². The average molecular weight is 356 g/mol. The van der Waals surface area contributed by atoms with Crippen LogP contribution in [0, 0.1) is 5.92 Å². The van der Waals surface area contributed by atoms with Gasteiger partial charge in [0.15, 0.2) is 9.84 Å². The Balaban J connectivity index is 1.78. The largest absolute Gasteiger partial charge is 0.355 e. The van der Waals surface area contributed by atoms with Gasteiger partial charge in [-0.05, 0) is 17.9 Å². The first-order valence-electron chi connectivity index (χ1n) is 8.01. The monoisotopic (exact) mass is 355 g/mol. The molecule has 0 aromatic heterocycles. The topological polar surface area (TPSA) is 63.2 Å². The van der Waals surface area contributed by atoms with Crippen LogP contribution in [0.4, 0.5) is 0 Å². The van der Waals surface area contributed by atoms with Crippen molar-refractivity contribution in [3.8, 4) is 0 Å². The van der Waals surface area contributed by atoms with Crippen molar-refractivity contribution in [1.82, 2.24) is 5.32 Å². The zero-order valence-electron chi connectivity index (χ0n) is 13.7. The second kappa shape index (κ2) is 8.20. The van der Waals surface area contributed by atoms with Crippen LogP contribution < -0.4 is 5.32 Å². The Morgan fingerprint density at radius 2 is 2.00 bits per heavy atom. The Morgan fingerprint density at radius 1 is 1.30 bits per heavy atom. The van der Waals surface area contributed by atoms with Gasteiger partial charge >= 0.3 is 0 Å². The molecule has 1 saturated heterocycles. The van der Waals surface area contributed by atoms with Gasteiger partial charge < -0.3 is 5.32 Å². The van der Waals surface area contributed by atoms with Crippen LogP contribution in [0.2, 0.25) is 0 Å². The minimum absolute atomic E-state index is 0.0131. The van der Waals surface area contributed by atoms with E-state index < -0.39 is 9.84 Å². The van der Waals surface area contributed by atoms with Crippen LogP contribution in [0.15, 0.2) is 30.3 Å². The SMILES string of the molecule is CC(C)C(CNC(=O)CSC1CCS(=O)(=O)C1)c1ccccc1. The summed E-state index contributed by atoms with van der Waals surface area (Å²) >= 11 is 1.46. The van der Waals surface area contributed by atoms with E-state index in [9.17, 15) is 13.2 Å². The van der Waals surface area contributed by atoms with Crippen LogP contribution in [0.5, 0.6) is 0 Å². The molecule has 0 radical (unpaired) electrons. The van der Waals surface area contributed by atoms with Crippen LogP contribution >= 0.6 is 11.8 Å². The molecule has 0 aliphatic carbocycles. The molecule has 2 rings (SSSR count). The lowest BCUT2D eigenvalue weighted by atomic mass is 9.88. The molecule has 1 heterocycles. The smallest absolute Gasteiger partial charge is 0.230 e. The molecule has 4 nitrogen and oxygen atoms in total. The molecule has 0 spiro atoms. The van der Waals surface area contributed by atoms with E-state index in [1.54, 1.807) is 0 Å². The van der Waals surface area contributed by atoms with Crippen LogP contribution in [-0.2, 0) is 14.6 Å². The first-order chi connectivity index (χ1) is 10.9. The van der Waals surface area contributed by atoms with Gasteiger partial charge in [-0.15, -0.1) is 11.8 Å². The number of sulfone groups is 1. The maximum Gasteiger partial charge on any atom is 0.230 e. The van der Waals surface area contributed by atoms with Crippen molar-refractivity contribution in [2.45, 2.75) is 31.4 Å². The second-order valence-corrected chi connectivity index (χ2v) is 9.92. The zero-order valence-corrected chi connectivity index (χ0v) is 15.3. The van der Waals surface area contributed by atoms with Crippen LogP contribution in [0.3, 0.4) is 0 Å². The summed E-state index contributed by atoms with van der Waals surface area (Å²) in [5.74, 6) is 1.52. The van der Waals surface area contributed by atoms with E-state index in [4.69, 9.17) is 0 Å². The van der Waals surface area contributed by atoms with Crippen LogP contribution in [-0.4, -0.2) is 43.4 Å². The van der Waals surface area contributed by atoms with E-state index in [2.05, 4.69) is 31.3 Å². The first-order valence-corrected chi connectivity index (χ1v) is 10.9. The fourth-order valence-corrected chi connectivity index (χ4v) is 6.27. The summed E-state index contributed by atoms with van der Waals surface area (Å²) in [6, 6.07) is 10.2. The van der Waals surface area contributed by atoms with Crippen molar-refractivity contribution in [3.05, 3.63) is 35.9 Å². The molecule has 1 N–H and O–H groups in total. The lowest BCUT2D eigenvalue weighted by Crippen LogP contribution is -2.32. The molecular weight excluding hydrogens is 330 g/mol. The summed E-state index contributed by atoms with van der Waals surface area (Å²) in [4.78, 5) is 12.0. The molecule has 6 heteroatoms. The van der Waals surface area contributed by atoms with Gasteiger partial charge in [-0.1, -0.05) is 44.2 Å². The third kappa shape index (κ3) is 5.84. The lowest BCUT2D eigenvalue weighted by Gasteiger charge is -2.22. The first kappa shape index (κ1) is 18.3. The average Bonchev–Trinajstić information content (AvgIpc) is 2.85. The van der Waals surface area contributed by atoms with Crippen molar-refractivity contribution in [2.75, 3.05) is 23.8 Å². The Labute approximate surface area is 143 Å². The van der Waals surface area contributed by atoms with E-state index in [-0.39, 0.29) is 28.6 Å². The van der Waals surface area contributed by atoms with Crippen LogP contribution in [0.25, 0.3) is 0 Å². The number of hydrogen-bond donors (Lipinski definition) is 1. The highest BCUT2D eigenvalue weighted by molar-refractivity contribution is 8.02. The molecule has 1 amide bonds. The van der Waals surface area contributed by atoms with Crippen LogP contribution in [0.1, 0.15) is 31.7 Å². The zero-order chi connectivity index (χ0) is 16.9. The normalized spacial score (nSPS) is 21.3. The number of hydrogen-bond acceptors (Lipinski definition) is 4. The minimum atomic E-state index is -2.87. The third-order valence-corrected chi connectivity index (χ3v) is 7.47. The molecular formula is C17H25NO3S2. The highest BCUT2D eigenvalue weighted by Gasteiger charge is 2.28. The molecule has 128 valence electrons. The standard InChI is InChI=1S/C17H25NO3S2/c1-13(2)16(14-6-4-3-5-7-14)10-18-17(19)11-22-15-8-9-23(20,21)12-15/h3-7,13,15-16H,8-12H2,1-2H3,(H,18,19). The summed E-state index contributed by atoms with van der Waals surface area (Å²) in [5, 5.41) is 3.07. The lowest BCUT2D eigenvalue weighted by molar-refractivity contribution is -0.118. The predicted molar refractivity (Wildman–Crippen MR) is 96.5 cm³/mol. The van der Waals surface area contributed by atoms with Gasteiger partial charge in [0.1, 0.15) is 0 Å². The van der Waals surface area contributed by atoms with E-state index in [1.807, 2.05) is 18.2 Å². The molecule has 1 aromatic carbocycles. The molecule has 2 unspecified atom stereocenters.